The van der Waals surface area contributed by atoms with Crippen LogP contribution < -0.4 is 0 Å². The van der Waals surface area contributed by atoms with Crippen LogP contribution in [0.4, 0.5) is 0 Å². The number of benzene rings is 2. The average molecular weight is 431 g/mol. The van der Waals surface area contributed by atoms with Gasteiger partial charge in [-0.25, -0.2) is 0 Å². The van der Waals surface area contributed by atoms with Gasteiger partial charge < -0.3 is 0 Å². The summed E-state index contributed by atoms with van der Waals surface area (Å²) in [4.78, 5) is 0. The molecule has 0 spiro atoms. The van der Waals surface area contributed by atoms with Gasteiger partial charge in [-0.2, -0.15) is 0 Å². The van der Waals surface area contributed by atoms with Gasteiger partial charge >= 0.3 is 0 Å². The molecular weight excluding hydrogens is 414 g/mol. The van der Waals surface area contributed by atoms with Gasteiger partial charge in [0.15, 0.2) is 3.79 Å². The van der Waals surface area contributed by atoms with Crippen molar-refractivity contribution in [1.82, 2.24) is 0 Å². The second-order valence-corrected chi connectivity index (χ2v) is 10.8. The summed E-state index contributed by atoms with van der Waals surface area (Å²) < 4.78 is -1.76. The maximum atomic E-state index is 6.57. The molecule has 0 unspecified atom stereocenters. The molecule has 0 nitrogen and oxygen atoms in total. The van der Waals surface area contributed by atoms with E-state index < -0.39 is 9.21 Å². The van der Waals surface area contributed by atoms with E-state index in [2.05, 4.69) is 78.3 Å². The van der Waals surface area contributed by atoms with Crippen molar-refractivity contribution >= 4 is 50.7 Å². The largest absolute Gasteiger partial charge is 0.198 e. The van der Waals surface area contributed by atoms with E-state index in [1.807, 2.05) is 0 Å². The number of halogens is 4. The zero-order chi connectivity index (χ0) is 16.6. The predicted octanol–water partition coefficient (Wildman–Crippen LogP) is 6.81. The van der Waals surface area contributed by atoms with Gasteiger partial charge in [0.2, 0.25) is 0 Å². The van der Waals surface area contributed by atoms with Crippen molar-refractivity contribution in [3.63, 3.8) is 0 Å². The Kier molecular flexibility index (Phi) is 3.47. The van der Waals surface area contributed by atoms with Gasteiger partial charge in [-0.15, -0.1) is 0 Å². The highest BCUT2D eigenvalue weighted by Gasteiger charge is 2.69. The summed E-state index contributed by atoms with van der Waals surface area (Å²) in [5.74, 6) is 0.192. The fourth-order valence-electron chi connectivity index (χ4n) is 4.64. The molecule has 3 aliphatic carbocycles. The average Bonchev–Trinajstić information content (AvgIpc) is 2.49. The highest BCUT2D eigenvalue weighted by Crippen LogP contribution is 2.73. The maximum absolute atomic E-state index is 6.57. The summed E-state index contributed by atoms with van der Waals surface area (Å²) in [6, 6.07) is 17.1. The van der Waals surface area contributed by atoms with Crippen LogP contribution in [0.3, 0.4) is 0 Å². The van der Waals surface area contributed by atoms with Crippen molar-refractivity contribution in [2.75, 3.05) is 0 Å². The van der Waals surface area contributed by atoms with Crippen LogP contribution in [0.2, 0.25) is 0 Å². The summed E-state index contributed by atoms with van der Waals surface area (Å²) in [5.41, 5.74) is 4.66. The normalized spacial score (nSPS) is 34.9. The Labute approximate surface area is 160 Å². The van der Waals surface area contributed by atoms with Crippen LogP contribution in [-0.4, -0.2) is 8.12 Å². The van der Waals surface area contributed by atoms with Gasteiger partial charge in [0, 0.05) is 21.6 Å². The molecule has 5 rings (SSSR count). The molecule has 0 saturated carbocycles. The lowest BCUT2D eigenvalue weighted by molar-refractivity contribution is 0.160. The minimum absolute atomic E-state index is 0.0387. The van der Waals surface area contributed by atoms with Gasteiger partial charge in [-0.3, -0.25) is 0 Å². The molecule has 4 heteroatoms. The van der Waals surface area contributed by atoms with Crippen LogP contribution >= 0.6 is 50.7 Å². The van der Waals surface area contributed by atoms with Crippen molar-refractivity contribution < 1.29 is 0 Å². The molecule has 0 radical (unpaired) electrons. The van der Waals surface area contributed by atoms with Gasteiger partial charge in [0.1, 0.15) is 0 Å². The predicted molar refractivity (Wildman–Crippen MR) is 102 cm³/mol. The Balaban J connectivity index is 2.14. The van der Waals surface area contributed by atoms with E-state index in [0.717, 1.165) is 0 Å². The van der Waals surface area contributed by atoms with Gasteiger partial charge in [0.05, 0.1) is 0 Å². The number of hydrogen-bond donors (Lipinski definition) is 0. The topological polar surface area (TPSA) is 0 Å². The quantitative estimate of drug-likeness (QED) is 0.403. The molecule has 0 N–H and O–H groups in total. The van der Waals surface area contributed by atoms with Crippen LogP contribution in [-0.2, 0) is 0 Å². The molecule has 0 aromatic heterocycles. The highest BCUT2D eigenvalue weighted by molar-refractivity contribution is 9.10. The van der Waals surface area contributed by atoms with Gasteiger partial charge in [-0.05, 0) is 29.2 Å². The molecule has 0 heterocycles. The zero-order valence-corrected chi connectivity index (χ0v) is 16.6. The zero-order valence-electron chi connectivity index (χ0n) is 12.8. The van der Waals surface area contributed by atoms with Crippen molar-refractivity contribution in [2.45, 2.75) is 33.8 Å². The third-order valence-electron chi connectivity index (χ3n) is 5.96. The monoisotopic (exact) mass is 428 g/mol. The summed E-state index contributed by atoms with van der Waals surface area (Å²) in [6.07, 6.45) is 0. The Morgan fingerprint density at radius 2 is 1.13 bits per heavy atom. The first kappa shape index (κ1) is 16.3. The number of rotatable bonds is 0. The summed E-state index contributed by atoms with van der Waals surface area (Å²) in [7, 11) is 0. The van der Waals surface area contributed by atoms with Crippen molar-refractivity contribution in [3.05, 3.63) is 70.8 Å². The third-order valence-corrected chi connectivity index (χ3v) is 8.42. The summed E-state index contributed by atoms with van der Waals surface area (Å²) in [5, 5.41) is 0. The lowest BCUT2D eigenvalue weighted by Crippen LogP contribution is -2.61. The molecule has 0 amide bonds. The van der Waals surface area contributed by atoms with Crippen LogP contribution in [0.25, 0.3) is 0 Å². The molecule has 0 saturated heterocycles. The van der Waals surface area contributed by atoms with Crippen LogP contribution in [0.5, 0.6) is 0 Å². The highest BCUT2D eigenvalue weighted by atomic mass is 79.9. The molecule has 2 bridgehead atoms. The van der Waals surface area contributed by atoms with E-state index in [9.17, 15) is 0 Å². The third kappa shape index (κ3) is 1.86. The smallest absolute Gasteiger partial charge is 0.0838 e. The minimum atomic E-state index is -1.39. The first-order valence-corrected chi connectivity index (χ1v) is 9.57. The Hall–Kier alpha value is -0.210. The summed E-state index contributed by atoms with van der Waals surface area (Å²) >= 11 is 23.7. The maximum Gasteiger partial charge on any atom is 0.198 e. The molecule has 2 aromatic rings. The molecule has 23 heavy (non-hydrogen) atoms. The number of alkyl halides is 4. The number of fused-ring (bicyclic) bond motifs is 1. The van der Waals surface area contributed by atoms with Gasteiger partial charge in [-0.1, -0.05) is 106 Å². The first-order valence-electron chi connectivity index (χ1n) is 7.64. The van der Waals surface area contributed by atoms with Crippen molar-refractivity contribution in [1.29, 1.82) is 0 Å². The lowest BCUT2D eigenvalue weighted by atomic mass is 9.48. The van der Waals surface area contributed by atoms with E-state index >= 15 is 0 Å². The van der Waals surface area contributed by atoms with Crippen LogP contribution in [0.1, 0.15) is 47.9 Å². The summed E-state index contributed by atoms with van der Waals surface area (Å²) in [6.45, 7) is 4.26. The number of hydrogen-bond acceptors (Lipinski definition) is 0. The second kappa shape index (κ2) is 4.91. The van der Waals surface area contributed by atoms with E-state index in [4.69, 9.17) is 34.8 Å². The van der Waals surface area contributed by atoms with E-state index in [0.29, 0.717) is 0 Å². The lowest BCUT2D eigenvalue weighted by Gasteiger charge is -2.63. The van der Waals surface area contributed by atoms with Crippen LogP contribution in [0.15, 0.2) is 48.5 Å². The minimum Gasteiger partial charge on any atom is -0.0838 e. The first-order chi connectivity index (χ1) is 10.7. The molecule has 0 aliphatic heterocycles. The second-order valence-electron chi connectivity index (χ2n) is 6.90. The van der Waals surface area contributed by atoms with Crippen LogP contribution in [0, 0.1) is 5.41 Å². The van der Waals surface area contributed by atoms with E-state index in [-0.39, 0.29) is 16.2 Å². The molecule has 2 atom stereocenters. The Bertz CT molecular complexity index is 746. The Morgan fingerprint density at radius 3 is 1.48 bits per heavy atom. The molecule has 2 aromatic carbocycles. The van der Waals surface area contributed by atoms with Crippen molar-refractivity contribution in [3.8, 4) is 0 Å². The Morgan fingerprint density at radius 1 is 0.783 bits per heavy atom. The van der Waals surface area contributed by atoms with E-state index in [1.165, 1.54) is 22.3 Å². The standard InChI is InChI=1S/C19H16BrCl3/c1-17(19(21,22)23)15-11-7-3-5-9-13(11)16(18(17,2)20)14-10-6-4-8-12(14)15/h3-10,15-16H,1-2H3/t15?,16?,17-,18+/m0/s1. The SMILES string of the molecule is C[C@@]1(Br)C2c3ccccc3C(c3ccccc32)[C@]1(C)C(Cl)(Cl)Cl. The molecular formula is C19H16BrCl3. The molecule has 3 aliphatic rings. The molecule has 0 fully saturated rings. The van der Waals surface area contributed by atoms with E-state index in [1.54, 1.807) is 0 Å². The fraction of sp³-hybridized carbons (Fsp3) is 0.368. The fourth-order valence-corrected chi connectivity index (χ4v) is 6.92. The molecule has 120 valence electrons. The van der Waals surface area contributed by atoms with Crippen molar-refractivity contribution in [2.24, 2.45) is 5.41 Å². The van der Waals surface area contributed by atoms with Gasteiger partial charge in [0.25, 0.3) is 0 Å².